The van der Waals surface area contributed by atoms with E-state index in [0.717, 1.165) is 16.2 Å². The Balaban J connectivity index is 2.05. The van der Waals surface area contributed by atoms with Gasteiger partial charge in [-0.05, 0) is 0 Å². The van der Waals surface area contributed by atoms with Crippen molar-refractivity contribution in [3.63, 3.8) is 0 Å². The summed E-state index contributed by atoms with van der Waals surface area (Å²) in [7, 11) is 0. The van der Waals surface area contributed by atoms with Gasteiger partial charge in [0.2, 0.25) is 0 Å². The number of hydrogen-bond donors (Lipinski definition) is 3. The minimum absolute atomic E-state index is 0.0401. The summed E-state index contributed by atoms with van der Waals surface area (Å²) in [5.41, 5.74) is 6.48. The third-order valence-electron chi connectivity index (χ3n) is 2.70. The third kappa shape index (κ3) is 7.28. The molecule has 0 aliphatic carbocycles. The third-order valence-corrected chi connectivity index (χ3v) is 4.83. The molecule has 0 saturated heterocycles. The number of aliphatic carboxylic acids is 1. The first-order chi connectivity index (χ1) is 9.59. The van der Waals surface area contributed by atoms with Crippen LogP contribution in [0.1, 0.15) is 18.4 Å². The number of hydrogen-bond acceptors (Lipinski definition) is 3. The van der Waals surface area contributed by atoms with Crippen molar-refractivity contribution in [1.29, 1.82) is 0 Å². The van der Waals surface area contributed by atoms with Crippen molar-refractivity contribution in [2.45, 2.75) is 36.1 Å². The van der Waals surface area contributed by atoms with Gasteiger partial charge in [0.25, 0.3) is 0 Å². The van der Waals surface area contributed by atoms with Crippen LogP contribution in [0.2, 0.25) is 10.6 Å². The van der Waals surface area contributed by atoms with E-state index in [1.54, 1.807) is 0 Å². The van der Waals surface area contributed by atoms with Crippen LogP contribution < -0.4 is 11.1 Å². The first-order valence-electron chi connectivity index (χ1n) is 6.46. The van der Waals surface area contributed by atoms with Crippen molar-refractivity contribution in [1.82, 2.24) is 5.32 Å². The van der Waals surface area contributed by atoms with Gasteiger partial charge < -0.3 is 0 Å². The SMILES string of the molecule is N[C@@H](CC[Se]CCC(=O)NCc1ccccc1)C(=O)O. The number of amides is 1. The Hall–Kier alpha value is -1.36. The summed E-state index contributed by atoms with van der Waals surface area (Å²) >= 11 is 0.275. The van der Waals surface area contributed by atoms with Gasteiger partial charge in [-0.25, -0.2) is 0 Å². The van der Waals surface area contributed by atoms with Crippen molar-refractivity contribution < 1.29 is 14.7 Å². The van der Waals surface area contributed by atoms with Gasteiger partial charge >= 0.3 is 125 Å². The second-order valence-corrected chi connectivity index (χ2v) is 6.93. The van der Waals surface area contributed by atoms with E-state index in [2.05, 4.69) is 5.32 Å². The van der Waals surface area contributed by atoms with Crippen molar-refractivity contribution in [3.05, 3.63) is 35.9 Å². The second-order valence-electron chi connectivity index (χ2n) is 4.36. The zero-order valence-electron chi connectivity index (χ0n) is 11.2. The van der Waals surface area contributed by atoms with E-state index in [0.29, 0.717) is 19.4 Å². The summed E-state index contributed by atoms with van der Waals surface area (Å²) in [4.78, 5) is 22.1. The summed E-state index contributed by atoms with van der Waals surface area (Å²) in [6.45, 7) is 0.552. The molecule has 20 heavy (non-hydrogen) atoms. The second kappa shape index (κ2) is 9.53. The number of carboxylic acids is 1. The topological polar surface area (TPSA) is 92.4 Å². The van der Waals surface area contributed by atoms with Gasteiger partial charge in [0, 0.05) is 0 Å². The normalized spacial score (nSPS) is 11.8. The molecule has 1 aromatic carbocycles. The first-order valence-corrected chi connectivity index (χ1v) is 8.88. The molecular weight excluding hydrogens is 323 g/mol. The monoisotopic (exact) mass is 344 g/mol. The maximum atomic E-state index is 11.6. The summed E-state index contributed by atoms with van der Waals surface area (Å²) in [6, 6.07) is 8.99. The minimum atomic E-state index is -0.957. The van der Waals surface area contributed by atoms with Crippen LogP contribution in [0.5, 0.6) is 0 Å². The average Bonchev–Trinajstić information content (AvgIpc) is 2.45. The fourth-order valence-electron chi connectivity index (χ4n) is 1.49. The number of carboxylic acid groups (broad SMARTS) is 1. The predicted octanol–water partition coefficient (Wildman–Crippen LogP) is 1.04. The van der Waals surface area contributed by atoms with Gasteiger partial charge in [-0.15, -0.1) is 0 Å². The molecule has 0 radical (unpaired) electrons. The van der Waals surface area contributed by atoms with E-state index in [-0.39, 0.29) is 20.9 Å². The van der Waals surface area contributed by atoms with Crippen LogP contribution in [0.4, 0.5) is 0 Å². The molecule has 1 amide bonds. The van der Waals surface area contributed by atoms with Crippen LogP contribution in [-0.4, -0.2) is 38.0 Å². The summed E-state index contributed by atoms with van der Waals surface area (Å²) in [6.07, 6.45) is 0.982. The standard InChI is InChI=1S/C14H20N2O3Se/c15-12(14(18)19)6-8-20-9-7-13(17)16-10-11-4-2-1-3-5-11/h1-5,12H,6-10,15H2,(H,16,17)(H,18,19)/t12-/m0/s1. The van der Waals surface area contributed by atoms with Gasteiger partial charge in [0.1, 0.15) is 0 Å². The van der Waals surface area contributed by atoms with Crippen LogP contribution in [0, 0.1) is 0 Å². The van der Waals surface area contributed by atoms with E-state index in [1.165, 1.54) is 0 Å². The quantitative estimate of drug-likeness (QED) is 0.461. The van der Waals surface area contributed by atoms with Crippen molar-refractivity contribution >= 4 is 26.8 Å². The van der Waals surface area contributed by atoms with Crippen LogP contribution in [0.3, 0.4) is 0 Å². The molecule has 1 atom stereocenters. The van der Waals surface area contributed by atoms with Gasteiger partial charge in [-0.2, -0.15) is 0 Å². The molecular formula is C14H20N2O3Se. The zero-order valence-corrected chi connectivity index (χ0v) is 13.0. The molecule has 5 nitrogen and oxygen atoms in total. The fourth-order valence-corrected chi connectivity index (χ4v) is 3.49. The van der Waals surface area contributed by atoms with E-state index in [4.69, 9.17) is 10.8 Å². The first kappa shape index (κ1) is 16.7. The summed E-state index contributed by atoms with van der Waals surface area (Å²) in [5, 5.41) is 13.1. The van der Waals surface area contributed by atoms with Crippen LogP contribution in [-0.2, 0) is 16.1 Å². The molecule has 0 aliphatic rings. The Labute approximate surface area is 125 Å². The van der Waals surface area contributed by atoms with Gasteiger partial charge in [0.15, 0.2) is 0 Å². The molecule has 4 N–H and O–H groups in total. The van der Waals surface area contributed by atoms with Crippen LogP contribution in [0.15, 0.2) is 30.3 Å². The number of carbonyl (C=O) groups is 2. The molecule has 110 valence electrons. The molecule has 1 aromatic rings. The Kier molecular flexibility index (Phi) is 7.95. The molecule has 0 fully saturated rings. The van der Waals surface area contributed by atoms with Crippen LogP contribution in [0.25, 0.3) is 0 Å². The Morgan fingerprint density at radius 1 is 1.25 bits per heavy atom. The average molecular weight is 343 g/mol. The fraction of sp³-hybridized carbons (Fsp3) is 0.429. The number of benzene rings is 1. The summed E-state index contributed by atoms with van der Waals surface area (Å²) < 4.78 is 0. The van der Waals surface area contributed by atoms with E-state index < -0.39 is 12.0 Å². The van der Waals surface area contributed by atoms with E-state index in [1.807, 2.05) is 30.3 Å². The van der Waals surface area contributed by atoms with E-state index in [9.17, 15) is 9.59 Å². The Bertz CT molecular complexity index is 426. The molecule has 0 spiro atoms. The van der Waals surface area contributed by atoms with Gasteiger partial charge in [-0.3, -0.25) is 0 Å². The Morgan fingerprint density at radius 3 is 2.60 bits per heavy atom. The predicted molar refractivity (Wildman–Crippen MR) is 78.5 cm³/mol. The zero-order chi connectivity index (χ0) is 14.8. The molecule has 0 bridgehead atoms. The van der Waals surface area contributed by atoms with Crippen LogP contribution >= 0.6 is 0 Å². The number of nitrogens with two attached hydrogens (primary N) is 1. The van der Waals surface area contributed by atoms with E-state index >= 15 is 0 Å². The molecule has 6 heteroatoms. The molecule has 0 aromatic heterocycles. The number of carbonyl (C=O) groups excluding carboxylic acids is 1. The number of rotatable bonds is 9. The molecule has 0 unspecified atom stereocenters. The number of nitrogens with one attached hydrogen (secondary N) is 1. The molecule has 0 heterocycles. The van der Waals surface area contributed by atoms with Gasteiger partial charge in [-0.1, -0.05) is 0 Å². The summed E-state index contributed by atoms with van der Waals surface area (Å²) in [5.74, 6) is -0.917. The molecule has 0 saturated carbocycles. The molecule has 0 aliphatic heterocycles. The van der Waals surface area contributed by atoms with Crippen molar-refractivity contribution in [3.8, 4) is 0 Å². The van der Waals surface area contributed by atoms with Crippen molar-refractivity contribution in [2.75, 3.05) is 0 Å². The van der Waals surface area contributed by atoms with Crippen molar-refractivity contribution in [2.24, 2.45) is 5.73 Å². The Morgan fingerprint density at radius 2 is 1.95 bits per heavy atom. The van der Waals surface area contributed by atoms with Gasteiger partial charge in [0.05, 0.1) is 0 Å². The maximum absolute atomic E-state index is 11.6. The molecule has 1 rings (SSSR count).